The van der Waals surface area contributed by atoms with Crippen LogP contribution in [0.3, 0.4) is 0 Å². The molecule has 4 heteroatoms. The SMILES string of the molecule is Cc1c[n+](I)cc[n+]1I. The van der Waals surface area contributed by atoms with Gasteiger partial charge in [-0.1, -0.05) is 0 Å². The summed E-state index contributed by atoms with van der Waals surface area (Å²) in [5.74, 6) is 0. The van der Waals surface area contributed by atoms with Crippen molar-refractivity contribution in [2.75, 3.05) is 0 Å². The molecule has 0 saturated heterocycles. The summed E-state index contributed by atoms with van der Waals surface area (Å²) in [6.07, 6.45) is 6.08. The van der Waals surface area contributed by atoms with Crippen LogP contribution in [0, 0.1) is 6.92 Å². The van der Waals surface area contributed by atoms with E-state index in [1.165, 1.54) is 5.69 Å². The van der Waals surface area contributed by atoms with Gasteiger partial charge in [-0.15, -0.1) is 5.56 Å². The molecule has 0 atom stereocenters. The third-order valence-electron chi connectivity index (χ3n) is 0.987. The summed E-state index contributed by atoms with van der Waals surface area (Å²) in [7, 11) is 0. The normalized spacial score (nSPS) is 9.67. The molecule has 0 aliphatic heterocycles. The van der Waals surface area contributed by atoms with Crippen LogP contribution in [0.4, 0.5) is 0 Å². The van der Waals surface area contributed by atoms with Crippen LogP contribution in [0.1, 0.15) is 5.69 Å². The highest BCUT2D eigenvalue weighted by atomic mass is 127. The highest BCUT2D eigenvalue weighted by Gasteiger charge is 2.06. The second-order valence-electron chi connectivity index (χ2n) is 1.72. The first kappa shape index (κ1) is 7.64. The Labute approximate surface area is 81.9 Å². The minimum Gasteiger partial charge on any atom is -0.131 e. The number of halogens is 2. The summed E-state index contributed by atoms with van der Waals surface area (Å²) in [6.45, 7) is 2.07. The minimum atomic E-state index is 1.24. The van der Waals surface area contributed by atoms with E-state index in [4.69, 9.17) is 0 Å². The molecular weight excluding hydrogens is 342 g/mol. The van der Waals surface area contributed by atoms with Gasteiger partial charge in [0.1, 0.15) is 0 Å². The Bertz CT molecular complexity index is 224. The molecule has 0 aliphatic carbocycles. The van der Waals surface area contributed by atoms with E-state index in [1.54, 1.807) is 0 Å². The van der Waals surface area contributed by atoms with Crippen molar-refractivity contribution in [2.24, 2.45) is 0 Å². The Morgan fingerprint density at radius 2 is 2.00 bits per heavy atom. The van der Waals surface area contributed by atoms with Crippen molar-refractivity contribution in [2.45, 2.75) is 6.92 Å². The fourth-order valence-electron chi connectivity index (χ4n) is 0.516. The van der Waals surface area contributed by atoms with Gasteiger partial charge in [-0.3, -0.25) is 0 Å². The summed E-state index contributed by atoms with van der Waals surface area (Å²) < 4.78 is 4.05. The number of rotatable bonds is 0. The van der Waals surface area contributed by atoms with Crippen molar-refractivity contribution in [1.29, 1.82) is 0 Å². The van der Waals surface area contributed by atoms with E-state index in [1.807, 2.05) is 18.0 Å². The molecule has 48 valence electrons. The number of hydrogen-bond acceptors (Lipinski definition) is 0. The topological polar surface area (TPSA) is 7.76 Å². The van der Waals surface area contributed by atoms with E-state index >= 15 is 0 Å². The zero-order valence-electron chi connectivity index (χ0n) is 4.88. The van der Waals surface area contributed by atoms with Crippen LogP contribution in [0.2, 0.25) is 0 Å². The molecule has 0 aromatic carbocycles. The summed E-state index contributed by atoms with van der Waals surface area (Å²) in [5, 5.41) is 0. The van der Waals surface area contributed by atoms with E-state index in [0.29, 0.717) is 0 Å². The molecule has 0 radical (unpaired) electrons. The number of aromatic nitrogens is 2. The van der Waals surface area contributed by atoms with Gasteiger partial charge in [-0.2, -0.15) is 0 Å². The standard InChI is InChI=1S/C5H6I2N2/c1-5-4-8(6)2-3-9(5)7/h2-4H,1H3/q+2. The van der Waals surface area contributed by atoms with Gasteiger partial charge in [-0.25, -0.2) is 0 Å². The van der Waals surface area contributed by atoms with Crippen LogP contribution < -0.4 is 5.56 Å². The van der Waals surface area contributed by atoms with E-state index in [9.17, 15) is 0 Å². The molecule has 0 fully saturated rings. The van der Waals surface area contributed by atoms with Crippen LogP contribution in [-0.4, -0.2) is 0 Å². The quantitative estimate of drug-likeness (QED) is 0.618. The number of aryl methyl sites for hydroxylation is 1. The maximum Gasteiger partial charge on any atom is 0.354 e. The lowest BCUT2D eigenvalue weighted by atomic mass is 10.5. The molecule has 2 nitrogen and oxygen atoms in total. The first-order valence-electron chi connectivity index (χ1n) is 2.46. The lowest BCUT2D eigenvalue weighted by molar-refractivity contribution is -0.513. The Kier molecular flexibility index (Phi) is 2.62. The largest absolute Gasteiger partial charge is 0.354 e. The van der Waals surface area contributed by atoms with Gasteiger partial charge in [0.25, 0.3) is 5.69 Å². The van der Waals surface area contributed by atoms with Gasteiger partial charge in [-0.05, 0) is 0 Å². The number of nitrogens with zero attached hydrogens (tertiary/aromatic N) is 2. The third kappa shape index (κ3) is 1.99. The fourth-order valence-corrected chi connectivity index (χ4v) is 1.33. The fraction of sp³-hybridized carbons (Fsp3) is 0.200. The molecule has 0 amide bonds. The van der Waals surface area contributed by atoms with Crippen molar-refractivity contribution >= 4 is 45.7 Å². The minimum absolute atomic E-state index is 1.24. The molecule has 0 aliphatic rings. The first-order chi connectivity index (χ1) is 4.20. The lowest BCUT2D eigenvalue weighted by Gasteiger charge is -1.82. The third-order valence-corrected chi connectivity index (χ3v) is 2.67. The van der Waals surface area contributed by atoms with E-state index in [0.717, 1.165) is 0 Å². The molecule has 0 unspecified atom stereocenters. The summed E-state index contributed by atoms with van der Waals surface area (Å²) in [5.41, 5.74) is 1.24. The maximum atomic E-state index is 2.24. The molecule has 9 heavy (non-hydrogen) atoms. The molecule has 1 aromatic rings. The van der Waals surface area contributed by atoms with Crippen LogP contribution in [0.5, 0.6) is 0 Å². The van der Waals surface area contributed by atoms with Gasteiger partial charge in [0.2, 0.25) is 18.6 Å². The van der Waals surface area contributed by atoms with E-state index in [-0.39, 0.29) is 0 Å². The summed E-state index contributed by atoms with van der Waals surface area (Å²) in [4.78, 5) is 0. The van der Waals surface area contributed by atoms with Gasteiger partial charge in [0.05, 0.1) is 0 Å². The highest BCUT2D eigenvalue weighted by Crippen LogP contribution is 1.86. The van der Waals surface area contributed by atoms with Crippen molar-refractivity contribution in [3.05, 3.63) is 24.3 Å². The lowest BCUT2D eigenvalue weighted by Crippen LogP contribution is -2.31. The van der Waals surface area contributed by atoms with Crippen LogP contribution in [-0.2, 0) is 0 Å². The van der Waals surface area contributed by atoms with Crippen LogP contribution in [0.15, 0.2) is 18.6 Å². The Balaban J connectivity index is 3.17. The Hall–Kier alpha value is 0.540. The smallest absolute Gasteiger partial charge is 0.131 e. The monoisotopic (exact) mass is 348 g/mol. The Morgan fingerprint density at radius 1 is 1.33 bits per heavy atom. The van der Waals surface area contributed by atoms with Crippen molar-refractivity contribution in [3.63, 3.8) is 0 Å². The molecule has 1 aromatic heterocycles. The van der Waals surface area contributed by atoms with Gasteiger partial charge in [0.15, 0.2) is 0 Å². The molecule has 1 heterocycles. The van der Waals surface area contributed by atoms with Crippen LogP contribution in [0.25, 0.3) is 0 Å². The first-order valence-corrected chi connectivity index (χ1v) is 4.39. The molecule has 0 spiro atoms. The highest BCUT2D eigenvalue weighted by molar-refractivity contribution is 14.1. The zero-order chi connectivity index (χ0) is 6.85. The predicted molar refractivity (Wildman–Crippen MR) is 50.4 cm³/mol. The molecule has 1 rings (SSSR count). The van der Waals surface area contributed by atoms with Crippen LogP contribution >= 0.6 is 45.7 Å². The molecule has 0 bridgehead atoms. The second-order valence-corrected chi connectivity index (χ2v) is 3.88. The number of hydrogen-bond donors (Lipinski definition) is 0. The van der Waals surface area contributed by atoms with E-state index in [2.05, 4.69) is 58.8 Å². The van der Waals surface area contributed by atoms with Gasteiger partial charge in [0, 0.05) is 6.92 Å². The zero-order valence-corrected chi connectivity index (χ0v) is 9.20. The molecular formula is C5H6I2N2+2. The maximum absolute atomic E-state index is 2.24. The van der Waals surface area contributed by atoms with E-state index < -0.39 is 0 Å². The molecule has 0 saturated carbocycles. The summed E-state index contributed by atoms with van der Waals surface area (Å²) in [6, 6.07) is 0. The average molecular weight is 348 g/mol. The average Bonchev–Trinajstić information content (AvgIpc) is 1.80. The van der Waals surface area contributed by atoms with Crippen molar-refractivity contribution in [3.8, 4) is 0 Å². The Morgan fingerprint density at radius 3 is 2.44 bits per heavy atom. The van der Waals surface area contributed by atoms with Gasteiger partial charge >= 0.3 is 45.7 Å². The summed E-state index contributed by atoms with van der Waals surface area (Å²) >= 11 is 4.46. The van der Waals surface area contributed by atoms with Gasteiger partial charge < -0.3 is 0 Å². The van der Waals surface area contributed by atoms with Crippen molar-refractivity contribution in [1.82, 2.24) is 0 Å². The van der Waals surface area contributed by atoms with Crippen molar-refractivity contribution < 1.29 is 5.56 Å². The second kappa shape index (κ2) is 3.09. The molecule has 0 N–H and O–H groups in total. The predicted octanol–water partition coefficient (Wildman–Crippen LogP) is 0.966.